The van der Waals surface area contributed by atoms with Crippen LogP contribution in [0.3, 0.4) is 0 Å². The molecule has 4 amide bonds. The number of nitrogens with one attached hydrogen (secondary N) is 1. The molecular formula is C19H20N4O6. The third-order valence-electron chi connectivity index (χ3n) is 4.66. The molecule has 152 valence electrons. The number of nitrogens with zero attached hydrogens (tertiary/aromatic N) is 2. The summed E-state index contributed by atoms with van der Waals surface area (Å²) < 4.78 is 0.884. The molecule has 0 saturated heterocycles. The van der Waals surface area contributed by atoms with Crippen molar-refractivity contribution < 1.29 is 24.3 Å². The highest BCUT2D eigenvalue weighted by atomic mass is 16.3. The first-order valence-electron chi connectivity index (χ1n) is 8.39. The van der Waals surface area contributed by atoms with Gasteiger partial charge in [-0.3, -0.25) is 33.4 Å². The van der Waals surface area contributed by atoms with Gasteiger partial charge in [0.1, 0.15) is 11.3 Å². The molecule has 0 aliphatic carbocycles. The van der Waals surface area contributed by atoms with Crippen LogP contribution in [0.15, 0.2) is 33.8 Å². The fourth-order valence-corrected chi connectivity index (χ4v) is 2.96. The molecule has 0 bridgehead atoms. The smallest absolute Gasteiger partial charge is 0.277 e. The maximum absolute atomic E-state index is 12.4. The molecule has 0 unspecified atom stereocenters. The molecule has 10 heteroatoms. The van der Waals surface area contributed by atoms with Gasteiger partial charge in [0.15, 0.2) is 0 Å². The van der Waals surface area contributed by atoms with Crippen LogP contribution in [0.25, 0.3) is 6.08 Å². The van der Waals surface area contributed by atoms with Crippen molar-refractivity contribution in [1.82, 2.24) is 14.8 Å². The largest absolute Gasteiger partial charge is 0.494 e. The standard InChI is InChI=1S/C19H20N4O6/c1-9-11(16(26)22(3)18(28)13(9)15(20)25)6-5-7-12-10(2)14(21-8-24)19(29)23(4)17(12)27/h5-8,26H,1-4H3,(H2,20,25)(H,21,24). The average Bonchev–Trinajstić information content (AvgIpc) is 2.66. The van der Waals surface area contributed by atoms with Crippen molar-refractivity contribution in [3.8, 4) is 5.88 Å². The SMILES string of the molecule is CC1=C(NC=O)C(=O)N(C)C(=O)C1=CC=Cc1c(C)c(C(N)=O)c(=O)n(C)c1O. The van der Waals surface area contributed by atoms with Gasteiger partial charge in [-0.25, -0.2) is 0 Å². The molecular weight excluding hydrogens is 380 g/mol. The Kier molecular flexibility index (Phi) is 5.87. The highest BCUT2D eigenvalue weighted by molar-refractivity contribution is 6.16. The molecule has 0 saturated carbocycles. The summed E-state index contributed by atoms with van der Waals surface area (Å²) in [7, 11) is 2.57. The summed E-state index contributed by atoms with van der Waals surface area (Å²) in [5, 5.41) is 12.5. The molecule has 1 aromatic heterocycles. The number of rotatable bonds is 5. The second-order valence-corrected chi connectivity index (χ2v) is 6.34. The summed E-state index contributed by atoms with van der Waals surface area (Å²) >= 11 is 0. The van der Waals surface area contributed by atoms with Crippen LogP contribution >= 0.6 is 0 Å². The monoisotopic (exact) mass is 400 g/mol. The normalized spacial score (nSPS) is 16.1. The zero-order valence-corrected chi connectivity index (χ0v) is 16.3. The van der Waals surface area contributed by atoms with Gasteiger partial charge in [0.2, 0.25) is 12.3 Å². The van der Waals surface area contributed by atoms with Gasteiger partial charge in [0.25, 0.3) is 23.3 Å². The predicted octanol–water partition coefficient (Wildman–Crippen LogP) is -0.544. The molecule has 2 rings (SSSR count). The molecule has 2 heterocycles. The van der Waals surface area contributed by atoms with Gasteiger partial charge in [0.05, 0.1) is 0 Å². The molecule has 0 aromatic carbocycles. The number of likely N-dealkylation sites (N-methyl/N-ethyl adjacent to an activating group) is 1. The lowest BCUT2D eigenvalue weighted by Crippen LogP contribution is -2.43. The minimum Gasteiger partial charge on any atom is -0.494 e. The Morgan fingerprint density at radius 2 is 1.76 bits per heavy atom. The summed E-state index contributed by atoms with van der Waals surface area (Å²) in [4.78, 5) is 59.8. The highest BCUT2D eigenvalue weighted by Gasteiger charge is 2.32. The molecule has 29 heavy (non-hydrogen) atoms. The topological polar surface area (TPSA) is 152 Å². The van der Waals surface area contributed by atoms with Gasteiger partial charge in [-0.15, -0.1) is 0 Å². The van der Waals surface area contributed by atoms with Gasteiger partial charge >= 0.3 is 0 Å². The third-order valence-corrected chi connectivity index (χ3v) is 4.66. The van der Waals surface area contributed by atoms with E-state index in [1.54, 1.807) is 0 Å². The van der Waals surface area contributed by atoms with E-state index in [1.165, 1.54) is 46.2 Å². The van der Waals surface area contributed by atoms with E-state index in [-0.39, 0.29) is 39.4 Å². The Labute approximate surface area is 165 Å². The summed E-state index contributed by atoms with van der Waals surface area (Å²) in [5.41, 5.74) is 5.01. The van der Waals surface area contributed by atoms with E-state index in [2.05, 4.69) is 5.32 Å². The molecule has 1 aliphatic heterocycles. The van der Waals surface area contributed by atoms with E-state index in [4.69, 9.17) is 5.73 Å². The fourth-order valence-electron chi connectivity index (χ4n) is 2.96. The Morgan fingerprint density at radius 3 is 2.31 bits per heavy atom. The number of amides is 4. The first kappa shape index (κ1) is 21.4. The third kappa shape index (κ3) is 3.59. The molecule has 0 fully saturated rings. The number of aromatic hydroxyl groups is 1. The van der Waals surface area contributed by atoms with Crippen molar-refractivity contribution in [2.45, 2.75) is 13.8 Å². The Bertz CT molecular complexity index is 1090. The minimum absolute atomic E-state index is 0.0288. The van der Waals surface area contributed by atoms with Crippen LogP contribution in [0, 0.1) is 6.92 Å². The van der Waals surface area contributed by atoms with Crippen LogP contribution in [0.4, 0.5) is 0 Å². The average molecular weight is 400 g/mol. The summed E-state index contributed by atoms with van der Waals surface area (Å²) in [5.74, 6) is -2.53. The van der Waals surface area contributed by atoms with Crippen molar-refractivity contribution in [2.75, 3.05) is 7.05 Å². The van der Waals surface area contributed by atoms with Gasteiger partial charge in [-0.1, -0.05) is 6.08 Å². The van der Waals surface area contributed by atoms with Crippen molar-refractivity contribution in [1.29, 1.82) is 0 Å². The summed E-state index contributed by atoms with van der Waals surface area (Å²) in [6.07, 6.45) is 4.54. The van der Waals surface area contributed by atoms with Crippen molar-refractivity contribution in [3.05, 3.63) is 56.0 Å². The molecule has 0 spiro atoms. The highest BCUT2D eigenvalue weighted by Crippen LogP contribution is 2.25. The number of pyridine rings is 1. The predicted molar refractivity (Wildman–Crippen MR) is 103 cm³/mol. The minimum atomic E-state index is -0.929. The zero-order chi connectivity index (χ0) is 22.0. The number of carbonyl (C=O) groups is 4. The maximum Gasteiger partial charge on any atom is 0.277 e. The lowest BCUT2D eigenvalue weighted by Gasteiger charge is -2.25. The summed E-state index contributed by atoms with van der Waals surface area (Å²) in [6, 6.07) is 0. The van der Waals surface area contributed by atoms with E-state index < -0.39 is 23.3 Å². The second-order valence-electron chi connectivity index (χ2n) is 6.34. The maximum atomic E-state index is 12.4. The number of aromatic nitrogens is 1. The number of allylic oxidation sites excluding steroid dienone is 2. The molecule has 0 atom stereocenters. The van der Waals surface area contributed by atoms with E-state index in [0.717, 1.165) is 9.47 Å². The van der Waals surface area contributed by atoms with Gasteiger partial charge < -0.3 is 16.2 Å². The van der Waals surface area contributed by atoms with E-state index in [9.17, 15) is 29.1 Å². The van der Waals surface area contributed by atoms with Crippen molar-refractivity contribution in [2.24, 2.45) is 12.8 Å². The molecule has 1 aliphatic rings. The molecule has 4 N–H and O–H groups in total. The Hall–Kier alpha value is -3.95. The fraction of sp³-hybridized carbons (Fsp3) is 0.211. The van der Waals surface area contributed by atoms with Crippen LogP contribution in [-0.4, -0.2) is 45.8 Å². The number of carbonyl (C=O) groups excluding carboxylic acids is 4. The summed E-state index contributed by atoms with van der Waals surface area (Å²) in [6.45, 7) is 2.97. The number of primary amides is 1. The Morgan fingerprint density at radius 1 is 1.14 bits per heavy atom. The van der Waals surface area contributed by atoms with Crippen LogP contribution in [-0.2, 0) is 21.4 Å². The molecule has 0 radical (unpaired) electrons. The van der Waals surface area contributed by atoms with Crippen LogP contribution in [0.1, 0.15) is 28.4 Å². The lowest BCUT2D eigenvalue weighted by molar-refractivity contribution is -0.139. The number of hydrogen-bond acceptors (Lipinski definition) is 6. The van der Waals surface area contributed by atoms with Crippen molar-refractivity contribution in [3.63, 3.8) is 0 Å². The Balaban J connectivity index is 2.60. The lowest BCUT2D eigenvalue weighted by atomic mass is 9.98. The van der Waals surface area contributed by atoms with Gasteiger partial charge in [-0.2, -0.15) is 0 Å². The first-order chi connectivity index (χ1) is 13.5. The van der Waals surface area contributed by atoms with E-state index in [1.807, 2.05) is 0 Å². The second kappa shape index (κ2) is 7.97. The van der Waals surface area contributed by atoms with Gasteiger partial charge in [0, 0.05) is 25.2 Å². The zero-order valence-electron chi connectivity index (χ0n) is 16.3. The number of nitrogens with two attached hydrogens (primary N) is 1. The number of hydrogen-bond donors (Lipinski definition) is 3. The van der Waals surface area contributed by atoms with E-state index >= 15 is 0 Å². The van der Waals surface area contributed by atoms with E-state index in [0.29, 0.717) is 6.41 Å². The van der Waals surface area contributed by atoms with Crippen LogP contribution in [0.5, 0.6) is 5.88 Å². The first-order valence-corrected chi connectivity index (χ1v) is 8.39. The molecule has 1 aromatic rings. The van der Waals surface area contributed by atoms with Gasteiger partial charge in [-0.05, 0) is 37.1 Å². The quantitative estimate of drug-likeness (QED) is 0.343. The number of imide groups is 1. The van der Waals surface area contributed by atoms with Crippen LogP contribution < -0.4 is 16.6 Å². The molecule has 10 nitrogen and oxygen atoms in total. The van der Waals surface area contributed by atoms with Crippen LogP contribution in [0.2, 0.25) is 0 Å². The van der Waals surface area contributed by atoms with Crippen molar-refractivity contribution >= 4 is 30.2 Å².